The summed E-state index contributed by atoms with van der Waals surface area (Å²) in [5.74, 6) is 0. The Hall–Kier alpha value is -1.02. The van der Waals surface area contributed by atoms with Gasteiger partial charge >= 0.3 is 12.2 Å². The first-order valence-electron chi connectivity index (χ1n) is 5.99. The van der Waals surface area contributed by atoms with Crippen LogP contribution in [0.2, 0.25) is 0 Å². The van der Waals surface area contributed by atoms with Crippen molar-refractivity contribution in [3.8, 4) is 0 Å². The average molecular weight is 284 g/mol. The number of carbonyl (C=O) groups excluding carboxylic acids is 1. The van der Waals surface area contributed by atoms with Crippen LogP contribution in [0, 0.1) is 0 Å². The molecule has 0 aliphatic carbocycles. The monoisotopic (exact) mass is 284 g/mol. The minimum absolute atomic E-state index is 0.122. The molecule has 1 fully saturated rings. The van der Waals surface area contributed by atoms with Gasteiger partial charge in [0.05, 0.1) is 25.7 Å². The van der Waals surface area contributed by atoms with Crippen molar-refractivity contribution in [2.45, 2.75) is 18.6 Å². The van der Waals surface area contributed by atoms with Crippen molar-refractivity contribution in [2.24, 2.45) is 0 Å². The van der Waals surface area contributed by atoms with E-state index in [1.54, 1.807) is 0 Å². The number of amides is 2. The number of hydrogen-bond donors (Lipinski definition) is 0. The third-order valence-electron chi connectivity index (χ3n) is 2.96. The summed E-state index contributed by atoms with van der Waals surface area (Å²) in [6, 6.07) is -1.35. The van der Waals surface area contributed by atoms with Crippen LogP contribution in [-0.4, -0.2) is 75.1 Å². The normalized spacial score (nSPS) is 18.3. The number of nitrogens with zero attached hydrogens (tertiary/aromatic N) is 2. The summed E-state index contributed by atoms with van der Waals surface area (Å²) >= 11 is 0. The number of carbonyl (C=O) groups is 1. The van der Waals surface area contributed by atoms with Crippen LogP contribution in [0.3, 0.4) is 0 Å². The van der Waals surface area contributed by atoms with Crippen molar-refractivity contribution in [1.82, 2.24) is 9.80 Å². The summed E-state index contributed by atoms with van der Waals surface area (Å²) in [6.07, 6.45) is -5.37. The van der Waals surface area contributed by atoms with Crippen LogP contribution in [0.5, 0.6) is 0 Å². The van der Waals surface area contributed by atoms with E-state index in [2.05, 4.69) is 0 Å². The van der Waals surface area contributed by atoms with Gasteiger partial charge in [0.1, 0.15) is 0 Å². The smallest absolute Gasteiger partial charge is 0.383 e. The Bertz CT molecular complexity index is 299. The fourth-order valence-corrected chi connectivity index (χ4v) is 2.07. The van der Waals surface area contributed by atoms with Crippen LogP contribution < -0.4 is 0 Å². The number of ether oxygens (including phenoxy) is 2. The summed E-state index contributed by atoms with van der Waals surface area (Å²) in [5, 5.41) is 0. The van der Waals surface area contributed by atoms with Gasteiger partial charge in [0, 0.05) is 33.9 Å². The lowest BCUT2D eigenvalue weighted by Gasteiger charge is -2.28. The molecule has 0 saturated carbocycles. The number of halogens is 3. The SMILES string of the molecule is COCCN1CCN(C(COC)CC(F)(F)F)C1=O. The molecule has 1 rings (SSSR count). The molecule has 2 amide bonds. The van der Waals surface area contributed by atoms with Gasteiger partial charge in [0.15, 0.2) is 0 Å². The molecule has 1 aliphatic rings. The van der Waals surface area contributed by atoms with Crippen molar-refractivity contribution in [3.63, 3.8) is 0 Å². The standard InChI is InChI=1S/C11H19F3N2O3/c1-18-6-5-15-3-4-16(10(15)17)9(8-19-2)7-11(12,13)14/h9H,3-8H2,1-2H3. The van der Waals surface area contributed by atoms with Crippen molar-refractivity contribution < 1.29 is 27.4 Å². The summed E-state index contributed by atoms with van der Waals surface area (Å²) in [6.45, 7) is 1.33. The molecule has 5 nitrogen and oxygen atoms in total. The Morgan fingerprint density at radius 3 is 2.47 bits per heavy atom. The fourth-order valence-electron chi connectivity index (χ4n) is 2.07. The molecular weight excluding hydrogens is 265 g/mol. The minimum Gasteiger partial charge on any atom is -0.383 e. The average Bonchev–Trinajstić information content (AvgIpc) is 2.66. The van der Waals surface area contributed by atoms with Crippen LogP contribution in [0.25, 0.3) is 0 Å². The van der Waals surface area contributed by atoms with E-state index in [1.165, 1.54) is 24.0 Å². The van der Waals surface area contributed by atoms with Gasteiger partial charge in [-0.2, -0.15) is 13.2 Å². The maximum Gasteiger partial charge on any atom is 0.391 e. The van der Waals surface area contributed by atoms with Crippen LogP contribution in [-0.2, 0) is 9.47 Å². The summed E-state index contributed by atoms with van der Waals surface area (Å²) in [4.78, 5) is 14.7. The highest BCUT2D eigenvalue weighted by molar-refractivity contribution is 5.76. The quantitative estimate of drug-likeness (QED) is 0.708. The largest absolute Gasteiger partial charge is 0.391 e. The Morgan fingerprint density at radius 1 is 1.26 bits per heavy atom. The zero-order chi connectivity index (χ0) is 14.5. The molecule has 1 atom stereocenters. The Balaban J connectivity index is 2.62. The van der Waals surface area contributed by atoms with Gasteiger partial charge in [-0.25, -0.2) is 4.79 Å². The second kappa shape index (κ2) is 6.95. The number of hydrogen-bond acceptors (Lipinski definition) is 3. The molecule has 0 radical (unpaired) electrons. The molecule has 0 aromatic heterocycles. The predicted molar refractivity (Wildman–Crippen MR) is 61.9 cm³/mol. The van der Waals surface area contributed by atoms with Crippen LogP contribution in [0.4, 0.5) is 18.0 Å². The Morgan fingerprint density at radius 2 is 1.95 bits per heavy atom. The lowest BCUT2D eigenvalue weighted by Crippen LogP contribution is -2.44. The van der Waals surface area contributed by atoms with E-state index in [9.17, 15) is 18.0 Å². The van der Waals surface area contributed by atoms with Crippen LogP contribution in [0.1, 0.15) is 6.42 Å². The second-order valence-electron chi connectivity index (χ2n) is 4.38. The van der Waals surface area contributed by atoms with Crippen LogP contribution in [0.15, 0.2) is 0 Å². The number of alkyl halides is 3. The van der Waals surface area contributed by atoms with Crippen molar-refractivity contribution in [2.75, 3.05) is 47.1 Å². The van der Waals surface area contributed by atoms with Gasteiger partial charge in [0.2, 0.25) is 0 Å². The third-order valence-corrected chi connectivity index (χ3v) is 2.96. The summed E-state index contributed by atoms with van der Waals surface area (Å²) < 4.78 is 47.1. The molecule has 19 heavy (non-hydrogen) atoms. The molecule has 1 heterocycles. The van der Waals surface area contributed by atoms with E-state index in [4.69, 9.17) is 9.47 Å². The zero-order valence-electron chi connectivity index (χ0n) is 11.1. The van der Waals surface area contributed by atoms with E-state index in [0.29, 0.717) is 19.7 Å². The third kappa shape index (κ3) is 4.87. The van der Waals surface area contributed by atoms with E-state index in [0.717, 1.165) is 0 Å². The number of methoxy groups -OCH3 is 2. The molecular formula is C11H19F3N2O3. The molecule has 112 valence electrons. The first kappa shape index (κ1) is 16.0. The van der Waals surface area contributed by atoms with Gasteiger partial charge < -0.3 is 19.3 Å². The zero-order valence-corrected chi connectivity index (χ0v) is 11.1. The molecule has 8 heteroatoms. The van der Waals surface area contributed by atoms with E-state index in [-0.39, 0.29) is 19.2 Å². The van der Waals surface area contributed by atoms with E-state index < -0.39 is 18.6 Å². The predicted octanol–water partition coefficient (Wildman–Crippen LogP) is 1.34. The molecule has 0 spiro atoms. The summed E-state index contributed by atoms with van der Waals surface area (Å²) in [5.41, 5.74) is 0. The Labute approximate surface area is 110 Å². The highest BCUT2D eigenvalue weighted by Crippen LogP contribution is 2.26. The lowest BCUT2D eigenvalue weighted by atomic mass is 10.2. The first-order valence-corrected chi connectivity index (χ1v) is 5.99. The van der Waals surface area contributed by atoms with Crippen molar-refractivity contribution in [3.05, 3.63) is 0 Å². The van der Waals surface area contributed by atoms with Gasteiger partial charge in [-0.15, -0.1) is 0 Å². The topological polar surface area (TPSA) is 42.0 Å². The van der Waals surface area contributed by atoms with Gasteiger partial charge in [-0.05, 0) is 0 Å². The summed E-state index contributed by atoms with van der Waals surface area (Å²) in [7, 11) is 2.84. The molecule has 1 unspecified atom stereocenters. The molecule has 0 N–H and O–H groups in total. The fraction of sp³-hybridized carbons (Fsp3) is 0.909. The molecule has 0 bridgehead atoms. The highest BCUT2D eigenvalue weighted by atomic mass is 19.4. The van der Waals surface area contributed by atoms with Crippen LogP contribution >= 0.6 is 0 Å². The maximum absolute atomic E-state index is 12.5. The van der Waals surface area contributed by atoms with Gasteiger partial charge in [-0.1, -0.05) is 0 Å². The Kier molecular flexibility index (Phi) is 5.86. The first-order chi connectivity index (χ1) is 8.89. The van der Waals surface area contributed by atoms with Crippen molar-refractivity contribution in [1.29, 1.82) is 0 Å². The molecule has 1 aliphatic heterocycles. The molecule has 0 aromatic rings. The van der Waals surface area contributed by atoms with Gasteiger partial charge in [0.25, 0.3) is 0 Å². The molecule has 1 saturated heterocycles. The van der Waals surface area contributed by atoms with E-state index >= 15 is 0 Å². The van der Waals surface area contributed by atoms with E-state index in [1.807, 2.05) is 0 Å². The van der Waals surface area contributed by atoms with Crippen molar-refractivity contribution >= 4 is 6.03 Å². The highest BCUT2D eigenvalue weighted by Gasteiger charge is 2.40. The number of urea groups is 1. The maximum atomic E-state index is 12.5. The minimum atomic E-state index is -4.32. The molecule has 0 aromatic carbocycles. The van der Waals surface area contributed by atoms with Gasteiger partial charge in [-0.3, -0.25) is 0 Å². The second-order valence-corrected chi connectivity index (χ2v) is 4.38. The lowest BCUT2D eigenvalue weighted by molar-refractivity contribution is -0.148. The number of rotatable bonds is 7.